The summed E-state index contributed by atoms with van der Waals surface area (Å²) in [6.07, 6.45) is 6.67. The monoisotopic (exact) mass is 310 g/mol. The quantitative estimate of drug-likeness (QED) is 0.836. The summed E-state index contributed by atoms with van der Waals surface area (Å²) < 4.78 is 1.06. The molecule has 0 spiro atoms. The Balaban J connectivity index is 2.05. The van der Waals surface area contributed by atoms with Gasteiger partial charge in [-0.3, -0.25) is 0 Å². The van der Waals surface area contributed by atoms with Gasteiger partial charge < -0.3 is 10.6 Å². The van der Waals surface area contributed by atoms with Gasteiger partial charge in [-0.05, 0) is 43.4 Å². The van der Waals surface area contributed by atoms with Crippen molar-refractivity contribution in [1.82, 2.24) is 0 Å². The third-order valence-corrected chi connectivity index (χ3v) is 4.37. The fourth-order valence-electron chi connectivity index (χ4n) is 2.92. The molecule has 1 saturated heterocycles. The first kappa shape index (κ1) is 13.7. The van der Waals surface area contributed by atoms with E-state index in [-0.39, 0.29) is 0 Å². The fourth-order valence-corrected chi connectivity index (χ4v) is 3.30. The molecule has 100 valence electrons. The Kier molecular flexibility index (Phi) is 4.93. The zero-order valence-corrected chi connectivity index (χ0v) is 12.7. The van der Waals surface area contributed by atoms with Gasteiger partial charge in [0.15, 0.2) is 0 Å². The van der Waals surface area contributed by atoms with E-state index in [0.717, 1.165) is 29.2 Å². The van der Waals surface area contributed by atoms with Crippen LogP contribution >= 0.6 is 15.9 Å². The van der Waals surface area contributed by atoms with Crippen LogP contribution in [0.1, 0.15) is 39.0 Å². The van der Waals surface area contributed by atoms with E-state index in [1.807, 2.05) is 6.07 Å². The molecule has 1 aromatic rings. The standard InChI is InChI=1S/C15H23BrN2/c1-2-4-12-5-3-9-18(10-8-12)15-7-6-13(16)11-14(15)17/h6-7,11-12H,2-5,8-10,17H2,1H3. The van der Waals surface area contributed by atoms with Crippen molar-refractivity contribution < 1.29 is 0 Å². The van der Waals surface area contributed by atoms with Crippen molar-refractivity contribution in [2.45, 2.75) is 39.0 Å². The first-order chi connectivity index (χ1) is 8.70. The van der Waals surface area contributed by atoms with Gasteiger partial charge in [0.1, 0.15) is 0 Å². The van der Waals surface area contributed by atoms with Crippen LogP contribution in [0.4, 0.5) is 11.4 Å². The Morgan fingerprint density at radius 2 is 2.17 bits per heavy atom. The van der Waals surface area contributed by atoms with Crippen molar-refractivity contribution in [2.24, 2.45) is 5.92 Å². The molecule has 0 aliphatic carbocycles. The third-order valence-electron chi connectivity index (χ3n) is 3.87. The van der Waals surface area contributed by atoms with Gasteiger partial charge in [0.2, 0.25) is 0 Å². The molecule has 0 bridgehead atoms. The Morgan fingerprint density at radius 3 is 2.89 bits per heavy atom. The normalized spacial score (nSPS) is 20.8. The molecule has 1 unspecified atom stereocenters. The molecule has 1 aliphatic rings. The average Bonchev–Trinajstić information content (AvgIpc) is 2.55. The zero-order chi connectivity index (χ0) is 13.0. The Hall–Kier alpha value is -0.700. The van der Waals surface area contributed by atoms with E-state index in [2.05, 4.69) is 39.9 Å². The summed E-state index contributed by atoms with van der Waals surface area (Å²) in [5, 5.41) is 0. The number of hydrogen-bond acceptors (Lipinski definition) is 2. The molecular formula is C15H23BrN2. The van der Waals surface area contributed by atoms with Gasteiger partial charge in [0.05, 0.1) is 11.4 Å². The van der Waals surface area contributed by atoms with E-state index >= 15 is 0 Å². The van der Waals surface area contributed by atoms with Gasteiger partial charge in [-0.25, -0.2) is 0 Å². The molecule has 18 heavy (non-hydrogen) atoms. The predicted molar refractivity (Wildman–Crippen MR) is 83.0 cm³/mol. The summed E-state index contributed by atoms with van der Waals surface area (Å²) >= 11 is 3.47. The zero-order valence-electron chi connectivity index (χ0n) is 11.2. The summed E-state index contributed by atoms with van der Waals surface area (Å²) in [5.41, 5.74) is 8.22. The first-order valence-corrected chi connectivity index (χ1v) is 7.80. The van der Waals surface area contributed by atoms with Gasteiger partial charge in [0.25, 0.3) is 0 Å². The van der Waals surface area contributed by atoms with E-state index in [0.29, 0.717) is 0 Å². The van der Waals surface area contributed by atoms with Crippen molar-refractivity contribution in [3.63, 3.8) is 0 Å². The van der Waals surface area contributed by atoms with Crippen molar-refractivity contribution in [1.29, 1.82) is 0 Å². The molecule has 1 aromatic carbocycles. The van der Waals surface area contributed by atoms with Gasteiger partial charge in [0, 0.05) is 17.6 Å². The second-order valence-electron chi connectivity index (χ2n) is 5.28. The van der Waals surface area contributed by atoms with Crippen LogP contribution < -0.4 is 10.6 Å². The molecule has 3 heteroatoms. The lowest BCUT2D eigenvalue weighted by atomic mass is 9.96. The highest BCUT2D eigenvalue weighted by Gasteiger charge is 2.17. The molecule has 2 nitrogen and oxygen atoms in total. The van der Waals surface area contributed by atoms with E-state index in [1.165, 1.54) is 37.8 Å². The number of nitrogen functional groups attached to an aromatic ring is 1. The third kappa shape index (κ3) is 3.41. The molecule has 0 amide bonds. The van der Waals surface area contributed by atoms with Crippen LogP contribution in [0, 0.1) is 5.92 Å². The lowest BCUT2D eigenvalue weighted by molar-refractivity contribution is 0.435. The minimum atomic E-state index is 0.887. The number of hydrogen-bond donors (Lipinski definition) is 1. The molecule has 0 saturated carbocycles. The fraction of sp³-hybridized carbons (Fsp3) is 0.600. The van der Waals surface area contributed by atoms with Crippen molar-refractivity contribution in [2.75, 3.05) is 23.7 Å². The molecule has 1 aliphatic heterocycles. The van der Waals surface area contributed by atoms with Crippen LogP contribution in [0.15, 0.2) is 22.7 Å². The minimum Gasteiger partial charge on any atom is -0.397 e. The van der Waals surface area contributed by atoms with Crippen LogP contribution in [0.25, 0.3) is 0 Å². The molecular weight excluding hydrogens is 288 g/mol. The van der Waals surface area contributed by atoms with Crippen molar-refractivity contribution in [3.8, 4) is 0 Å². The summed E-state index contributed by atoms with van der Waals surface area (Å²) in [7, 11) is 0. The maximum Gasteiger partial charge on any atom is 0.0600 e. The van der Waals surface area contributed by atoms with Crippen LogP contribution in [0.3, 0.4) is 0 Å². The molecule has 1 heterocycles. The maximum absolute atomic E-state index is 6.12. The molecule has 1 fully saturated rings. The molecule has 1 atom stereocenters. The van der Waals surface area contributed by atoms with Gasteiger partial charge >= 0.3 is 0 Å². The van der Waals surface area contributed by atoms with E-state index in [9.17, 15) is 0 Å². The van der Waals surface area contributed by atoms with Gasteiger partial charge in [-0.15, -0.1) is 0 Å². The van der Waals surface area contributed by atoms with Crippen LogP contribution in [-0.4, -0.2) is 13.1 Å². The smallest absolute Gasteiger partial charge is 0.0600 e. The molecule has 0 radical (unpaired) electrons. The highest BCUT2D eigenvalue weighted by molar-refractivity contribution is 9.10. The van der Waals surface area contributed by atoms with Gasteiger partial charge in [-0.1, -0.05) is 35.7 Å². The molecule has 2 N–H and O–H groups in total. The lowest BCUT2D eigenvalue weighted by Crippen LogP contribution is -2.25. The highest BCUT2D eigenvalue weighted by Crippen LogP contribution is 2.30. The SMILES string of the molecule is CCCC1CCCN(c2ccc(Br)cc2N)CC1. The number of anilines is 2. The Morgan fingerprint density at radius 1 is 1.33 bits per heavy atom. The van der Waals surface area contributed by atoms with E-state index in [1.54, 1.807) is 0 Å². The average molecular weight is 311 g/mol. The number of nitrogens with two attached hydrogens (primary N) is 1. The number of benzene rings is 1. The Labute approximate surface area is 119 Å². The maximum atomic E-state index is 6.12. The second kappa shape index (κ2) is 6.46. The van der Waals surface area contributed by atoms with Gasteiger partial charge in [-0.2, -0.15) is 0 Å². The summed E-state index contributed by atoms with van der Waals surface area (Å²) in [5.74, 6) is 0.914. The topological polar surface area (TPSA) is 29.3 Å². The lowest BCUT2D eigenvalue weighted by Gasteiger charge is -2.24. The second-order valence-corrected chi connectivity index (χ2v) is 6.19. The number of halogens is 1. The summed E-state index contributed by atoms with van der Waals surface area (Å²) in [4.78, 5) is 2.46. The van der Waals surface area contributed by atoms with Crippen molar-refractivity contribution in [3.05, 3.63) is 22.7 Å². The Bertz CT molecular complexity index is 392. The van der Waals surface area contributed by atoms with Crippen LogP contribution in [-0.2, 0) is 0 Å². The van der Waals surface area contributed by atoms with Crippen molar-refractivity contribution >= 4 is 27.3 Å². The molecule has 2 rings (SSSR count). The highest BCUT2D eigenvalue weighted by atomic mass is 79.9. The summed E-state index contributed by atoms with van der Waals surface area (Å²) in [6.45, 7) is 4.58. The number of rotatable bonds is 3. The first-order valence-electron chi connectivity index (χ1n) is 7.00. The molecule has 0 aromatic heterocycles. The van der Waals surface area contributed by atoms with E-state index < -0.39 is 0 Å². The minimum absolute atomic E-state index is 0.887. The van der Waals surface area contributed by atoms with E-state index in [4.69, 9.17) is 5.73 Å². The van der Waals surface area contributed by atoms with Crippen LogP contribution in [0.2, 0.25) is 0 Å². The van der Waals surface area contributed by atoms with Crippen LogP contribution in [0.5, 0.6) is 0 Å². The predicted octanol–water partition coefficient (Wildman–Crippen LogP) is 4.44. The number of nitrogens with zero attached hydrogens (tertiary/aromatic N) is 1. The largest absolute Gasteiger partial charge is 0.397 e. The summed E-state index contributed by atoms with van der Waals surface area (Å²) in [6, 6.07) is 6.23.